The van der Waals surface area contributed by atoms with Crippen LogP contribution in [0.5, 0.6) is 0 Å². The van der Waals surface area contributed by atoms with E-state index >= 15 is 0 Å². The molecule has 3 atom stereocenters. The number of hydrogen-bond donors (Lipinski definition) is 0. The first kappa shape index (κ1) is 24.4. The Hall–Kier alpha value is -0.900. The number of unbranched alkanes of at least 4 members (excludes halogenated alkanes) is 8. The fourth-order valence-corrected chi connectivity index (χ4v) is 4.58. The molecule has 166 valence electrons. The van der Waals surface area contributed by atoms with Crippen LogP contribution in [0.15, 0.2) is 30.3 Å². The number of rotatable bonds is 15. The van der Waals surface area contributed by atoms with Crippen molar-refractivity contribution < 1.29 is 14.2 Å². The van der Waals surface area contributed by atoms with Crippen molar-refractivity contribution in [3.8, 4) is 0 Å². The second-order valence-corrected chi connectivity index (χ2v) is 9.07. The molecular formula is C26H44O3. The Balaban J connectivity index is 1.76. The molecule has 1 heterocycles. The molecule has 0 bridgehead atoms. The van der Waals surface area contributed by atoms with Crippen molar-refractivity contribution in [3.63, 3.8) is 0 Å². The van der Waals surface area contributed by atoms with Crippen molar-refractivity contribution in [2.75, 3.05) is 13.7 Å². The highest BCUT2D eigenvalue weighted by molar-refractivity contribution is 5.13. The highest BCUT2D eigenvalue weighted by atomic mass is 16.7. The average molecular weight is 405 g/mol. The third-order valence-electron chi connectivity index (χ3n) is 6.17. The lowest BCUT2D eigenvalue weighted by Gasteiger charge is -2.43. The van der Waals surface area contributed by atoms with Crippen LogP contribution < -0.4 is 0 Å². The first-order valence-corrected chi connectivity index (χ1v) is 12.0. The molecule has 0 N–H and O–H groups in total. The largest absolute Gasteiger partial charge is 0.374 e. The van der Waals surface area contributed by atoms with E-state index in [1.807, 2.05) is 6.07 Å². The van der Waals surface area contributed by atoms with Crippen LogP contribution in [0.1, 0.15) is 96.5 Å². The van der Waals surface area contributed by atoms with Gasteiger partial charge in [-0.25, -0.2) is 0 Å². The van der Waals surface area contributed by atoms with Crippen LogP contribution in [-0.2, 0) is 20.8 Å². The zero-order valence-corrected chi connectivity index (χ0v) is 19.2. The van der Waals surface area contributed by atoms with Gasteiger partial charge < -0.3 is 14.2 Å². The van der Waals surface area contributed by atoms with Gasteiger partial charge in [0.05, 0.1) is 18.8 Å². The van der Waals surface area contributed by atoms with E-state index in [1.54, 1.807) is 7.11 Å². The maximum absolute atomic E-state index is 6.46. The minimum Gasteiger partial charge on any atom is -0.374 e. The minimum atomic E-state index is -0.200. The molecule has 1 aromatic rings. The summed E-state index contributed by atoms with van der Waals surface area (Å²) in [5, 5.41) is 0. The van der Waals surface area contributed by atoms with Gasteiger partial charge in [0.25, 0.3) is 0 Å². The predicted molar refractivity (Wildman–Crippen MR) is 121 cm³/mol. The SMILES string of the molecule is CCCCCCCCCCC[C@@]1(COCc2ccccc2)C[C@@H](C)CC(OC)O1. The summed E-state index contributed by atoms with van der Waals surface area (Å²) in [6.07, 6.45) is 15.2. The summed E-state index contributed by atoms with van der Waals surface area (Å²) in [5.74, 6) is 0.604. The lowest BCUT2D eigenvalue weighted by Crippen LogP contribution is -2.47. The Labute approximate surface area is 179 Å². The molecular weight excluding hydrogens is 360 g/mol. The quantitative estimate of drug-likeness (QED) is 0.287. The second-order valence-electron chi connectivity index (χ2n) is 9.07. The lowest BCUT2D eigenvalue weighted by molar-refractivity contribution is -0.255. The standard InChI is InChI=1S/C26H44O3/c1-4-5-6-7-8-9-10-11-15-18-26(20-23(2)19-25(27-3)29-26)22-28-21-24-16-13-12-14-17-24/h12-14,16-17,23,25H,4-11,15,18-22H2,1-3H3/t23-,25?,26-/m0/s1. The van der Waals surface area contributed by atoms with E-state index in [-0.39, 0.29) is 11.9 Å². The van der Waals surface area contributed by atoms with Crippen LogP contribution in [0.4, 0.5) is 0 Å². The maximum atomic E-state index is 6.46. The summed E-state index contributed by atoms with van der Waals surface area (Å²) >= 11 is 0. The van der Waals surface area contributed by atoms with Gasteiger partial charge >= 0.3 is 0 Å². The zero-order chi connectivity index (χ0) is 20.8. The topological polar surface area (TPSA) is 27.7 Å². The van der Waals surface area contributed by atoms with E-state index in [1.165, 1.54) is 63.4 Å². The summed E-state index contributed by atoms with van der Waals surface area (Å²) < 4.78 is 18.2. The molecule has 1 fully saturated rings. The second kappa shape index (κ2) is 14.2. The van der Waals surface area contributed by atoms with Gasteiger partial charge in [-0.15, -0.1) is 0 Å². The fraction of sp³-hybridized carbons (Fsp3) is 0.769. The molecule has 0 saturated carbocycles. The molecule has 0 radical (unpaired) electrons. The van der Waals surface area contributed by atoms with E-state index in [2.05, 4.69) is 38.1 Å². The van der Waals surface area contributed by atoms with Gasteiger partial charge in [-0.1, -0.05) is 102 Å². The van der Waals surface area contributed by atoms with Crippen LogP contribution in [0.2, 0.25) is 0 Å². The van der Waals surface area contributed by atoms with Crippen LogP contribution >= 0.6 is 0 Å². The Bertz CT molecular complexity index is 518. The Morgan fingerprint density at radius 3 is 2.28 bits per heavy atom. The highest BCUT2D eigenvalue weighted by Crippen LogP contribution is 2.37. The summed E-state index contributed by atoms with van der Waals surface area (Å²) in [7, 11) is 1.76. The third-order valence-corrected chi connectivity index (χ3v) is 6.17. The Kier molecular flexibility index (Phi) is 11.9. The maximum Gasteiger partial charge on any atom is 0.158 e. The van der Waals surface area contributed by atoms with Crippen LogP contribution in [0, 0.1) is 5.92 Å². The van der Waals surface area contributed by atoms with E-state index in [4.69, 9.17) is 14.2 Å². The van der Waals surface area contributed by atoms with Gasteiger partial charge in [0, 0.05) is 13.5 Å². The molecule has 0 amide bonds. The minimum absolute atomic E-state index is 0.0994. The van der Waals surface area contributed by atoms with Gasteiger partial charge in [-0.3, -0.25) is 0 Å². The van der Waals surface area contributed by atoms with Gasteiger partial charge in [-0.05, 0) is 24.3 Å². The van der Waals surface area contributed by atoms with Crippen molar-refractivity contribution in [2.45, 2.75) is 109 Å². The van der Waals surface area contributed by atoms with Gasteiger partial charge in [0.1, 0.15) is 0 Å². The molecule has 2 rings (SSSR count). The molecule has 0 spiro atoms. The van der Waals surface area contributed by atoms with Crippen LogP contribution in [0.25, 0.3) is 0 Å². The van der Waals surface area contributed by atoms with E-state index < -0.39 is 0 Å². The molecule has 3 nitrogen and oxygen atoms in total. The van der Waals surface area contributed by atoms with E-state index in [0.29, 0.717) is 19.1 Å². The summed E-state index contributed by atoms with van der Waals surface area (Å²) in [5.41, 5.74) is 1.02. The van der Waals surface area contributed by atoms with Crippen molar-refractivity contribution in [1.82, 2.24) is 0 Å². The molecule has 1 saturated heterocycles. The highest BCUT2D eigenvalue weighted by Gasteiger charge is 2.40. The summed E-state index contributed by atoms with van der Waals surface area (Å²) in [6, 6.07) is 10.4. The predicted octanol–water partition coefficient (Wildman–Crippen LogP) is 7.28. The summed E-state index contributed by atoms with van der Waals surface area (Å²) in [6.45, 7) is 5.90. The van der Waals surface area contributed by atoms with Crippen molar-refractivity contribution in [3.05, 3.63) is 35.9 Å². The molecule has 0 aromatic heterocycles. The number of ether oxygens (including phenoxy) is 3. The average Bonchev–Trinajstić information content (AvgIpc) is 2.73. The van der Waals surface area contributed by atoms with Crippen LogP contribution in [-0.4, -0.2) is 25.6 Å². The monoisotopic (exact) mass is 404 g/mol. The lowest BCUT2D eigenvalue weighted by atomic mass is 9.83. The van der Waals surface area contributed by atoms with Crippen molar-refractivity contribution in [1.29, 1.82) is 0 Å². The first-order valence-electron chi connectivity index (χ1n) is 12.0. The normalized spacial score (nSPS) is 24.7. The molecule has 3 heteroatoms. The number of methoxy groups -OCH3 is 1. The molecule has 1 aromatic carbocycles. The van der Waals surface area contributed by atoms with Gasteiger partial charge in [-0.2, -0.15) is 0 Å². The van der Waals surface area contributed by atoms with Gasteiger partial charge in [0.15, 0.2) is 6.29 Å². The van der Waals surface area contributed by atoms with E-state index in [0.717, 1.165) is 19.3 Å². The summed E-state index contributed by atoms with van der Waals surface area (Å²) in [4.78, 5) is 0. The van der Waals surface area contributed by atoms with E-state index in [9.17, 15) is 0 Å². The van der Waals surface area contributed by atoms with Crippen LogP contribution in [0.3, 0.4) is 0 Å². The van der Waals surface area contributed by atoms with Gasteiger partial charge in [0.2, 0.25) is 0 Å². The molecule has 29 heavy (non-hydrogen) atoms. The third kappa shape index (κ3) is 9.63. The smallest absolute Gasteiger partial charge is 0.158 e. The zero-order valence-electron chi connectivity index (χ0n) is 19.2. The van der Waals surface area contributed by atoms with Crippen molar-refractivity contribution in [2.24, 2.45) is 5.92 Å². The molecule has 1 aliphatic rings. The molecule has 1 unspecified atom stereocenters. The first-order chi connectivity index (χ1) is 14.2. The number of hydrogen-bond acceptors (Lipinski definition) is 3. The molecule has 1 aliphatic heterocycles. The Morgan fingerprint density at radius 1 is 0.966 bits per heavy atom. The molecule has 0 aliphatic carbocycles. The number of benzene rings is 1. The Morgan fingerprint density at radius 2 is 1.62 bits per heavy atom. The van der Waals surface area contributed by atoms with Crippen molar-refractivity contribution >= 4 is 0 Å². The fourth-order valence-electron chi connectivity index (χ4n) is 4.58.